The quantitative estimate of drug-likeness (QED) is 0.198. The number of hydrogen-bond acceptors (Lipinski definition) is 5. The van der Waals surface area contributed by atoms with Crippen LogP contribution in [0.5, 0.6) is 11.5 Å². The molecular formula is C33H36N2O4S. The standard InChI is InChI=1S/C33H36N2O4S/c1-24(2)35(33(37)28-15-13-27(14-16-28)26-9-6-5-7-10-26)23-32(36)34(22-29-11-8-20-40-29)19-18-25-12-17-30(38-3)31(21-25)39-4/h5-17,20-21,24H,18-19,22-23H2,1-4H3. The van der Waals surface area contributed by atoms with Gasteiger partial charge in [0, 0.05) is 23.0 Å². The van der Waals surface area contributed by atoms with Crippen LogP contribution in [0.25, 0.3) is 11.1 Å². The van der Waals surface area contributed by atoms with E-state index in [1.165, 1.54) is 0 Å². The van der Waals surface area contributed by atoms with Gasteiger partial charge in [-0.3, -0.25) is 9.59 Å². The molecule has 0 unspecified atom stereocenters. The van der Waals surface area contributed by atoms with E-state index in [0.717, 1.165) is 21.6 Å². The lowest BCUT2D eigenvalue weighted by atomic mass is 10.0. The number of thiophene rings is 1. The minimum Gasteiger partial charge on any atom is -0.493 e. The molecule has 0 radical (unpaired) electrons. The zero-order valence-corrected chi connectivity index (χ0v) is 24.3. The van der Waals surface area contributed by atoms with E-state index in [-0.39, 0.29) is 24.4 Å². The molecule has 0 aliphatic heterocycles. The van der Waals surface area contributed by atoms with Crippen molar-refractivity contribution in [1.82, 2.24) is 9.80 Å². The Hall–Kier alpha value is -4.10. The Morgan fingerprint density at radius 2 is 1.52 bits per heavy atom. The van der Waals surface area contributed by atoms with E-state index in [4.69, 9.17) is 9.47 Å². The van der Waals surface area contributed by atoms with Crippen LogP contribution < -0.4 is 9.47 Å². The van der Waals surface area contributed by atoms with Gasteiger partial charge in [-0.1, -0.05) is 54.6 Å². The van der Waals surface area contributed by atoms with Gasteiger partial charge in [-0.25, -0.2) is 0 Å². The number of methoxy groups -OCH3 is 2. The van der Waals surface area contributed by atoms with Crippen LogP contribution in [0, 0.1) is 0 Å². The molecule has 2 amide bonds. The van der Waals surface area contributed by atoms with Crippen LogP contribution >= 0.6 is 11.3 Å². The van der Waals surface area contributed by atoms with Gasteiger partial charge in [0.25, 0.3) is 5.91 Å². The Kier molecular flexibility index (Phi) is 9.97. The van der Waals surface area contributed by atoms with Crippen LogP contribution in [-0.4, -0.2) is 55.0 Å². The summed E-state index contributed by atoms with van der Waals surface area (Å²) < 4.78 is 10.8. The summed E-state index contributed by atoms with van der Waals surface area (Å²) in [7, 11) is 3.22. The van der Waals surface area contributed by atoms with E-state index in [0.29, 0.717) is 36.6 Å². The Labute approximate surface area is 240 Å². The number of hydrogen-bond donors (Lipinski definition) is 0. The van der Waals surface area contributed by atoms with Gasteiger partial charge in [0.15, 0.2) is 11.5 Å². The normalized spacial score (nSPS) is 10.8. The summed E-state index contributed by atoms with van der Waals surface area (Å²) in [5, 5.41) is 2.01. The first-order chi connectivity index (χ1) is 19.4. The van der Waals surface area contributed by atoms with Gasteiger partial charge in [0.2, 0.25) is 5.91 Å². The van der Waals surface area contributed by atoms with Gasteiger partial charge in [-0.15, -0.1) is 11.3 Å². The molecule has 0 aliphatic rings. The third-order valence-corrected chi connectivity index (χ3v) is 7.69. The monoisotopic (exact) mass is 556 g/mol. The minimum atomic E-state index is -0.154. The first kappa shape index (κ1) is 28.9. The van der Waals surface area contributed by atoms with Crippen molar-refractivity contribution in [2.45, 2.75) is 32.9 Å². The van der Waals surface area contributed by atoms with Crippen molar-refractivity contribution in [2.75, 3.05) is 27.3 Å². The van der Waals surface area contributed by atoms with Gasteiger partial charge >= 0.3 is 0 Å². The maximum absolute atomic E-state index is 13.7. The third kappa shape index (κ3) is 7.30. The fraction of sp³-hybridized carbons (Fsp3) is 0.273. The molecule has 4 rings (SSSR count). The van der Waals surface area contributed by atoms with Gasteiger partial charge in [0.05, 0.1) is 20.8 Å². The molecule has 0 N–H and O–H groups in total. The van der Waals surface area contributed by atoms with Crippen molar-refractivity contribution in [3.63, 3.8) is 0 Å². The Balaban J connectivity index is 1.49. The average Bonchev–Trinajstić information content (AvgIpc) is 3.51. The van der Waals surface area contributed by atoms with E-state index >= 15 is 0 Å². The molecule has 0 atom stereocenters. The second kappa shape index (κ2) is 13.8. The number of rotatable bonds is 12. The second-order valence-corrected chi connectivity index (χ2v) is 10.8. The van der Waals surface area contributed by atoms with Gasteiger partial charge < -0.3 is 19.3 Å². The molecule has 0 fully saturated rings. The molecule has 0 saturated heterocycles. The fourth-order valence-corrected chi connectivity index (χ4v) is 5.24. The van der Waals surface area contributed by atoms with Crippen molar-refractivity contribution >= 4 is 23.2 Å². The van der Waals surface area contributed by atoms with Gasteiger partial charge in [-0.05, 0) is 72.7 Å². The number of carbonyl (C=O) groups excluding carboxylic acids is 2. The molecule has 3 aromatic carbocycles. The largest absolute Gasteiger partial charge is 0.493 e. The fourth-order valence-electron chi connectivity index (χ4n) is 4.52. The topological polar surface area (TPSA) is 59.1 Å². The highest BCUT2D eigenvalue weighted by Gasteiger charge is 2.25. The average molecular weight is 557 g/mol. The smallest absolute Gasteiger partial charge is 0.254 e. The molecule has 1 heterocycles. The molecule has 6 nitrogen and oxygen atoms in total. The summed E-state index contributed by atoms with van der Waals surface area (Å²) in [4.78, 5) is 31.8. The first-order valence-corrected chi connectivity index (χ1v) is 14.2. The second-order valence-electron chi connectivity index (χ2n) is 9.80. The zero-order chi connectivity index (χ0) is 28.5. The van der Waals surface area contributed by atoms with E-state index < -0.39 is 0 Å². The van der Waals surface area contributed by atoms with Crippen LogP contribution in [-0.2, 0) is 17.8 Å². The summed E-state index contributed by atoms with van der Waals surface area (Å²) >= 11 is 1.62. The Morgan fingerprint density at radius 1 is 0.825 bits per heavy atom. The summed E-state index contributed by atoms with van der Waals surface area (Å²) in [5.41, 5.74) is 3.74. The molecule has 1 aromatic heterocycles. The van der Waals surface area contributed by atoms with E-state index in [9.17, 15) is 9.59 Å². The van der Waals surface area contributed by atoms with Crippen molar-refractivity contribution in [3.8, 4) is 22.6 Å². The lowest BCUT2D eigenvalue weighted by Crippen LogP contribution is -2.46. The highest BCUT2D eigenvalue weighted by molar-refractivity contribution is 7.09. The van der Waals surface area contributed by atoms with Crippen LogP contribution in [0.3, 0.4) is 0 Å². The molecule has 0 bridgehead atoms. The maximum Gasteiger partial charge on any atom is 0.254 e. The summed E-state index contributed by atoms with van der Waals surface area (Å²) in [5.74, 6) is 1.09. The highest BCUT2D eigenvalue weighted by atomic mass is 32.1. The summed E-state index contributed by atoms with van der Waals surface area (Å²) in [6.07, 6.45) is 0.647. The van der Waals surface area contributed by atoms with Crippen LogP contribution in [0.1, 0.15) is 34.6 Å². The molecule has 40 heavy (non-hydrogen) atoms. The SMILES string of the molecule is COc1ccc(CCN(Cc2cccs2)C(=O)CN(C(=O)c2ccc(-c3ccccc3)cc2)C(C)C)cc1OC. The third-order valence-electron chi connectivity index (χ3n) is 6.83. The molecule has 0 aliphatic carbocycles. The number of carbonyl (C=O) groups is 2. The maximum atomic E-state index is 13.7. The predicted octanol–water partition coefficient (Wildman–Crippen LogP) is 6.55. The molecule has 7 heteroatoms. The predicted molar refractivity (Wildman–Crippen MR) is 161 cm³/mol. The lowest BCUT2D eigenvalue weighted by Gasteiger charge is -2.30. The molecule has 4 aromatic rings. The van der Waals surface area contributed by atoms with Crippen molar-refractivity contribution in [2.24, 2.45) is 0 Å². The Morgan fingerprint density at radius 3 is 2.15 bits per heavy atom. The highest BCUT2D eigenvalue weighted by Crippen LogP contribution is 2.28. The van der Waals surface area contributed by atoms with E-state index in [1.54, 1.807) is 30.5 Å². The zero-order valence-electron chi connectivity index (χ0n) is 23.5. The van der Waals surface area contributed by atoms with Crippen molar-refractivity contribution in [1.29, 1.82) is 0 Å². The molecule has 0 spiro atoms. The Bertz CT molecular complexity index is 1390. The van der Waals surface area contributed by atoms with E-state index in [2.05, 4.69) is 0 Å². The van der Waals surface area contributed by atoms with Crippen LogP contribution in [0.15, 0.2) is 90.3 Å². The number of ether oxygens (including phenoxy) is 2. The van der Waals surface area contributed by atoms with E-state index in [1.807, 2.05) is 109 Å². The summed E-state index contributed by atoms with van der Waals surface area (Å²) in [6.45, 7) is 4.90. The van der Waals surface area contributed by atoms with Gasteiger partial charge in [-0.2, -0.15) is 0 Å². The lowest BCUT2D eigenvalue weighted by molar-refractivity contribution is -0.132. The first-order valence-electron chi connectivity index (χ1n) is 13.4. The van der Waals surface area contributed by atoms with Crippen molar-refractivity contribution < 1.29 is 19.1 Å². The van der Waals surface area contributed by atoms with Crippen molar-refractivity contribution in [3.05, 3.63) is 106 Å². The van der Waals surface area contributed by atoms with Crippen LogP contribution in [0.2, 0.25) is 0 Å². The molecule has 208 valence electrons. The van der Waals surface area contributed by atoms with Crippen LogP contribution in [0.4, 0.5) is 0 Å². The minimum absolute atomic E-state index is 0.00818. The number of benzene rings is 3. The number of amides is 2. The molecular weight excluding hydrogens is 520 g/mol. The number of nitrogens with zero attached hydrogens (tertiary/aromatic N) is 2. The molecule has 0 saturated carbocycles. The summed E-state index contributed by atoms with van der Waals surface area (Å²) in [6, 6.07) is 27.3. The van der Waals surface area contributed by atoms with Gasteiger partial charge in [0.1, 0.15) is 6.54 Å².